The van der Waals surface area contributed by atoms with Gasteiger partial charge in [0.15, 0.2) is 0 Å². The van der Waals surface area contributed by atoms with E-state index in [1.54, 1.807) is 0 Å². The molecule has 2 rings (SSSR count). The number of benzene rings is 2. The normalized spacial score (nSPS) is 12.4. The fraction of sp³-hybridized carbons (Fsp3) is 0.333. The Balaban J connectivity index is 1.97. The van der Waals surface area contributed by atoms with E-state index in [1.807, 2.05) is 56.3 Å². The van der Waals surface area contributed by atoms with Crippen molar-refractivity contribution in [3.8, 4) is 5.75 Å². The molecule has 21 heavy (non-hydrogen) atoms. The third-order valence-electron chi connectivity index (χ3n) is 3.23. The van der Waals surface area contributed by atoms with Crippen molar-refractivity contribution in [2.75, 3.05) is 6.61 Å². The lowest BCUT2D eigenvalue weighted by Gasteiger charge is -2.18. The molecular weight excluding hydrogens is 262 g/mol. The van der Waals surface area contributed by atoms with E-state index < -0.39 is 0 Å². The van der Waals surface area contributed by atoms with Gasteiger partial charge in [-0.2, -0.15) is 0 Å². The molecule has 0 saturated carbocycles. The number of ether oxygens (including phenoxy) is 1. The van der Waals surface area contributed by atoms with Crippen molar-refractivity contribution < 1.29 is 9.84 Å². The predicted octanol–water partition coefficient (Wildman–Crippen LogP) is 3.30. The Morgan fingerprint density at radius 2 is 1.67 bits per heavy atom. The summed E-state index contributed by atoms with van der Waals surface area (Å²) in [5.41, 5.74) is 2.26. The minimum absolute atomic E-state index is 0.0667. The second kappa shape index (κ2) is 7.81. The summed E-state index contributed by atoms with van der Waals surface area (Å²) in [6.07, 6.45) is 0.167. The number of aliphatic hydroxyl groups is 1. The van der Waals surface area contributed by atoms with Crippen LogP contribution in [0.4, 0.5) is 0 Å². The molecule has 2 aromatic carbocycles. The van der Waals surface area contributed by atoms with E-state index in [-0.39, 0.29) is 18.8 Å². The number of hydrogen-bond donors (Lipinski definition) is 2. The van der Waals surface area contributed by atoms with Crippen molar-refractivity contribution in [1.82, 2.24) is 5.32 Å². The smallest absolute Gasteiger partial charge is 0.119 e. The molecule has 2 aromatic rings. The van der Waals surface area contributed by atoms with Crippen molar-refractivity contribution in [1.29, 1.82) is 0 Å². The van der Waals surface area contributed by atoms with Gasteiger partial charge in [0, 0.05) is 6.54 Å². The Kier molecular flexibility index (Phi) is 5.78. The van der Waals surface area contributed by atoms with E-state index in [0.717, 1.165) is 17.9 Å². The summed E-state index contributed by atoms with van der Waals surface area (Å²) < 4.78 is 5.63. The lowest BCUT2D eigenvalue weighted by atomic mass is 10.1. The maximum absolute atomic E-state index is 9.58. The van der Waals surface area contributed by atoms with Crippen LogP contribution in [0, 0.1) is 0 Å². The predicted molar refractivity (Wildman–Crippen MR) is 85.3 cm³/mol. The van der Waals surface area contributed by atoms with E-state index in [1.165, 1.54) is 5.56 Å². The van der Waals surface area contributed by atoms with Gasteiger partial charge in [-0.3, -0.25) is 0 Å². The van der Waals surface area contributed by atoms with Crippen molar-refractivity contribution in [3.63, 3.8) is 0 Å². The van der Waals surface area contributed by atoms with Gasteiger partial charge in [0.2, 0.25) is 0 Å². The van der Waals surface area contributed by atoms with E-state index in [4.69, 9.17) is 4.74 Å². The molecule has 0 amide bonds. The van der Waals surface area contributed by atoms with Gasteiger partial charge in [-0.25, -0.2) is 0 Å². The summed E-state index contributed by atoms with van der Waals surface area (Å²) >= 11 is 0. The Morgan fingerprint density at radius 1 is 1.00 bits per heavy atom. The topological polar surface area (TPSA) is 41.5 Å². The Morgan fingerprint density at radius 3 is 2.24 bits per heavy atom. The summed E-state index contributed by atoms with van der Waals surface area (Å²) in [4.78, 5) is 0. The van der Waals surface area contributed by atoms with Crippen LogP contribution in [-0.2, 0) is 6.54 Å². The molecule has 1 unspecified atom stereocenters. The molecule has 3 heteroatoms. The van der Waals surface area contributed by atoms with Gasteiger partial charge in [-0.15, -0.1) is 0 Å². The van der Waals surface area contributed by atoms with Crippen LogP contribution >= 0.6 is 0 Å². The summed E-state index contributed by atoms with van der Waals surface area (Å²) in [6.45, 7) is 4.81. The van der Waals surface area contributed by atoms with Crippen LogP contribution in [0.3, 0.4) is 0 Å². The van der Waals surface area contributed by atoms with E-state index in [0.29, 0.717) is 0 Å². The third kappa shape index (κ3) is 4.88. The Bertz CT molecular complexity index is 523. The maximum atomic E-state index is 9.58. The molecule has 0 fully saturated rings. The fourth-order valence-electron chi connectivity index (χ4n) is 2.18. The number of rotatable bonds is 7. The van der Waals surface area contributed by atoms with Crippen LogP contribution in [0.25, 0.3) is 0 Å². The molecule has 0 bridgehead atoms. The number of hydrogen-bond acceptors (Lipinski definition) is 3. The number of aliphatic hydroxyl groups excluding tert-OH is 1. The van der Waals surface area contributed by atoms with Crippen LogP contribution in [-0.4, -0.2) is 17.8 Å². The van der Waals surface area contributed by atoms with Gasteiger partial charge in [0.1, 0.15) is 5.75 Å². The zero-order valence-corrected chi connectivity index (χ0v) is 12.6. The summed E-state index contributed by atoms with van der Waals surface area (Å²) in [5.74, 6) is 0.855. The van der Waals surface area contributed by atoms with Crippen LogP contribution in [0.2, 0.25) is 0 Å². The molecule has 0 spiro atoms. The van der Waals surface area contributed by atoms with Gasteiger partial charge in [0.05, 0.1) is 18.8 Å². The molecule has 0 aliphatic rings. The lowest BCUT2D eigenvalue weighted by molar-refractivity contribution is 0.239. The fourth-order valence-corrected chi connectivity index (χ4v) is 2.18. The highest BCUT2D eigenvalue weighted by Gasteiger charge is 2.10. The summed E-state index contributed by atoms with van der Waals surface area (Å²) in [5, 5.41) is 12.9. The monoisotopic (exact) mass is 285 g/mol. The molecule has 2 N–H and O–H groups in total. The van der Waals surface area contributed by atoms with Gasteiger partial charge in [0.25, 0.3) is 0 Å². The van der Waals surface area contributed by atoms with Crippen LogP contribution in [0.1, 0.15) is 31.0 Å². The minimum atomic E-state index is -0.0710. The second-order valence-corrected chi connectivity index (χ2v) is 5.34. The quantitative estimate of drug-likeness (QED) is 0.820. The average Bonchev–Trinajstić information content (AvgIpc) is 2.50. The lowest BCUT2D eigenvalue weighted by Crippen LogP contribution is -2.23. The molecule has 0 aliphatic heterocycles. The van der Waals surface area contributed by atoms with Crippen molar-refractivity contribution in [2.45, 2.75) is 32.5 Å². The molecule has 0 heterocycles. The van der Waals surface area contributed by atoms with Crippen LogP contribution < -0.4 is 10.1 Å². The first-order valence-electron chi connectivity index (χ1n) is 7.34. The van der Waals surface area contributed by atoms with E-state index >= 15 is 0 Å². The Labute approximate surface area is 126 Å². The molecule has 0 aliphatic carbocycles. The van der Waals surface area contributed by atoms with E-state index in [9.17, 15) is 5.11 Å². The highest BCUT2D eigenvalue weighted by molar-refractivity contribution is 5.29. The molecule has 112 valence electrons. The van der Waals surface area contributed by atoms with Gasteiger partial charge >= 0.3 is 0 Å². The van der Waals surface area contributed by atoms with Gasteiger partial charge in [-0.1, -0.05) is 42.5 Å². The van der Waals surface area contributed by atoms with Crippen LogP contribution in [0.5, 0.6) is 5.75 Å². The first kappa shape index (κ1) is 15.5. The van der Waals surface area contributed by atoms with Crippen molar-refractivity contribution >= 4 is 0 Å². The maximum Gasteiger partial charge on any atom is 0.119 e. The second-order valence-electron chi connectivity index (χ2n) is 5.34. The Hall–Kier alpha value is -1.84. The van der Waals surface area contributed by atoms with Gasteiger partial charge in [-0.05, 0) is 37.1 Å². The average molecular weight is 285 g/mol. The number of nitrogens with one attached hydrogen (secondary N) is 1. The zero-order chi connectivity index (χ0) is 15.1. The minimum Gasteiger partial charge on any atom is -0.491 e. The van der Waals surface area contributed by atoms with Crippen LogP contribution in [0.15, 0.2) is 54.6 Å². The van der Waals surface area contributed by atoms with E-state index in [2.05, 4.69) is 17.4 Å². The summed E-state index contributed by atoms with van der Waals surface area (Å²) in [6, 6.07) is 18.0. The molecular formula is C18H23NO2. The largest absolute Gasteiger partial charge is 0.491 e. The molecule has 0 saturated heterocycles. The highest BCUT2D eigenvalue weighted by atomic mass is 16.5. The first-order chi connectivity index (χ1) is 10.2. The van der Waals surface area contributed by atoms with Crippen molar-refractivity contribution in [2.24, 2.45) is 0 Å². The third-order valence-corrected chi connectivity index (χ3v) is 3.23. The first-order valence-corrected chi connectivity index (χ1v) is 7.34. The molecule has 0 aromatic heterocycles. The SMILES string of the molecule is CC(C)Oc1ccc(C(CO)NCc2ccccc2)cc1. The van der Waals surface area contributed by atoms with Crippen molar-refractivity contribution in [3.05, 3.63) is 65.7 Å². The zero-order valence-electron chi connectivity index (χ0n) is 12.6. The molecule has 1 atom stereocenters. The standard InChI is InChI=1S/C18H23NO2/c1-14(2)21-17-10-8-16(9-11-17)18(13-20)19-12-15-6-4-3-5-7-15/h3-11,14,18-20H,12-13H2,1-2H3. The van der Waals surface area contributed by atoms with Gasteiger partial charge < -0.3 is 15.2 Å². The molecule has 0 radical (unpaired) electrons. The molecule has 3 nitrogen and oxygen atoms in total. The highest BCUT2D eigenvalue weighted by Crippen LogP contribution is 2.19. The summed E-state index contributed by atoms with van der Waals surface area (Å²) in [7, 11) is 0.